The number of nitrogens with one attached hydrogen (secondary N) is 2. The molecule has 0 bridgehead atoms. The molecule has 80 valence electrons. The first-order valence-electron chi connectivity index (χ1n) is 5.37. The van der Waals surface area contributed by atoms with Gasteiger partial charge in [0.2, 0.25) is 0 Å². The van der Waals surface area contributed by atoms with Crippen LogP contribution in [0.4, 0.5) is 0 Å². The zero-order chi connectivity index (χ0) is 10.7. The lowest BCUT2D eigenvalue weighted by Gasteiger charge is -2.15. The van der Waals surface area contributed by atoms with E-state index in [1.54, 1.807) is 0 Å². The van der Waals surface area contributed by atoms with Crippen LogP contribution >= 0.6 is 0 Å². The Morgan fingerprint density at radius 3 is 3.00 bits per heavy atom. The first kappa shape index (κ1) is 10.0. The van der Waals surface area contributed by atoms with Crippen molar-refractivity contribution in [2.45, 2.75) is 19.9 Å². The third-order valence-corrected chi connectivity index (χ3v) is 2.57. The van der Waals surface area contributed by atoms with Gasteiger partial charge in [0.05, 0.1) is 12.6 Å². The largest absolute Gasteiger partial charge is 0.355 e. The summed E-state index contributed by atoms with van der Waals surface area (Å²) in [5.74, 6) is 0.920. The van der Waals surface area contributed by atoms with Gasteiger partial charge in [-0.1, -0.05) is 29.8 Å². The highest BCUT2D eigenvalue weighted by Gasteiger charge is 2.10. The molecule has 1 aliphatic rings. The van der Waals surface area contributed by atoms with Gasteiger partial charge in [-0.25, -0.2) is 0 Å². The van der Waals surface area contributed by atoms with Crippen LogP contribution in [0, 0.1) is 6.92 Å². The zero-order valence-electron chi connectivity index (χ0n) is 9.25. The van der Waals surface area contributed by atoms with E-state index in [9.17, 15) is 0 Å². The monoisotopic (exact) mass is 203 g/mol. The summed E-state index contributed by atoms with van der Waals surface area (Å²) >= 11 is 0. The molecular weight excluding hydrogens is 186 g/mol. The summed E-state index contributed by atoms with van der Waals surface area (Å²) in [6, 6.07) is 8.84. The molecule has 1 aromatic rings. The van der Waals surface area contributed by atoms with E-state index in [1.165, 1.54) is 11.1 Å². The van der Waals surface area contributed by atoms with Crippen LogP contribution in [0.3, 0.4) is 0 Å². The molecule has 0 fully saturated rings. The van der Waals surface area contributed by atoms with E-state index in [2.05, 4.69) is 53.7 Å². The minimum Gasteiger partial charge on any atom is -0.355 e. The Labute approximate surface area is 90.6 Å². The zero-order valence-corrected chi connectivity index (χ0v) is 9.25. The average molecular weight is 203 g/mol. The number of guanidine groups is 1. The van der Waals surface area contributed by atoms with Crippen LogP contribution in [0.5, 0.6) is 0 Å². The maximum Gasteiger partial charge on any atom is 0.191 e. The Hall–Kier alpha value is -1.51. The molecule has 0 saturated heterocycles. The Bertz CT molecular complexity index is 371. The third-order valence-electron chi connectivity index (χ3n) is 2.57. The summed E-state index contributed by atoms with van der Waals surface area (Å²) in [7, 11) is 0. The van der Waals surface area contributed by atoms with Gasteiger partial charge in [-0.15, -0.1) is 0 Å². The van der Waals surface area contributed by atoms with Crippen LogP contribution in [0.1, 0.15) is 24.1 Å². The number of aryl methyl sites for hydroxylation is 1. The number of rotatable bonds is 2. The van der Waals surface area contributed by atoms with Gasteiger partial charge in [0.25, 0.3) is 0 Å². The van der Waals surface area contributed by atoms with Gasteiger partial charge in [-0.05, 0) is 19.4 Å². The highest BCUT2D eigenvalue weighted by atomic mass is 15.2. The van der Waals surface area contributed by atoms with Gasteiger partial charge < -0.3 is 10.6 Å². The fourth-order valence-electron chi connectivity index (χ4n) is 1.72. The van der Waals surface area contributed by atoms with Crippen molar-refractivity contribution < 1.29 is 0 Å². The van der Waals surface area contributed by atoms with Crippen LogP contribution in [-0.4, -0.2) is 19.0 Å². The number of aliphatic imine (C=N–C) groups is 1. The normalized spacial score (nSPS) is 16.8. The minimum absolute atomic E-state index is 0.300. The molecule has 0 amide bonds. The summed E-state index contributed by atoms with van der Waals surface area (Å²) in [4.78, 5) is 4.32. The van der Waals surface area contributed by atoms with Gasteiger partial charge in [-0.3, -0.25) is 4.99 Å². The lowest BCUT2D eigenvalue weighted by Crippen LogP contribution is -2.35. The molecule has 0 aliphatic carbocycles. The van der Waals surface area contributed by atoms with Crippen molar-refractivity contribution in [2.24, 2.45) is 4.99 Å². The van der Waals surface area contributed by atoms with Crippen molar-refractivity contribution >= 4 is 5.96 Å². The Kier molecular flexibility index (Phi) is 2.90. The molecule has 15 heavy (non-hydrogen) atoms. The molecule has 1 atom stereocenters. The van der Waals surface area contributed by atoms with Crippen LogP contribution in [0.15, 0.2) is 29.3 Å². The summed E-state index contributed by atoms with van der Waals surface area (Å²) in [5.41, 5.74) is 2.59. The van der Waals surface area contributed by atoms with Crippen molar-refractivity contribution in [1.82, 2.24) is 10.6 Å². The molecule has 0 spiro atoms. The molecular formula is C12H17N3. The fourth-order valence-corrected chi connectivity index (χ4v) is 1.72. The second-order valence-electron chi connectivity index (χ2n) is 3.94. The SMILES string of the molecule is Cc1cccc([C@H](C)NC2=NCCN2)c1. The van der Waals surface area contributed by atoms with Gasteiger partial charge in [0.1, 0.15) is 0 Å². The quantitative estimate of drug-likeness (QED) is 0.766. The fraction of sp³-hybridized carbons (Fsp3) is 0.417. The van der Waals surface area contributed by atoms with E-state index in [4.69, 9.17) is 0 Å². The van der Waals surface area contributed by atoms with Crippen LogP contribution in [-0.2, 0) is 0 Å². The van der Waals surface area contributed by atoms with Crippen LogP contribution in [0.25, 0.3) is 0 Å². The highest BCUT2D eigenvalue weighted by molar-refractivity contribution is 5.81. The number of benzene rings is 1. The topological polar surface area (TPSA) is 36.4 Å². The van der Waals surface area contributed by atoms with Crippen LogP contribution < -0.4 is 10.6 Å². The van der Waals surface area contributed by atoms with Crippen LogP contribution in [0.2, 0.25) is 0 Å². The third kappa shape index (κ3) is 2.49. The predicted molar refractivity (Wildman–Crippen MR) is 63.0 cm³/mol. The molecule has 3 heteroatoms. The van der Waals surface area contributed by atoms with E-state index in [0.717, 1.165) is 19.0 Å². The molecule has 0 unspecified atom stereocenters. The van der Waals surface area contributed by atoms with Crippen molar-refractivity contribution in [3.8, 4) is 0 Å². The number of hydrogen-bond donors (Lipinski definition) is 2. The van der Waals surface area contributed by atoms with E-state index in [0.29, 0.717) is 6.04 Å². The average Bonchev–Trinajstić information content (AvgIpc) is 2.70. The molecule has 1 heterocycles. The Morgan fingerprint density at radius 2 is 2.33 bits per heavy atom. The summed E-state index contributed by atoms with van der Waals surface area (Å²) in [6.07, 6.45) is 0. The molecule has 0 radical (unpaired) electrons. The molecule has 1 aromatic carbocycles. The summed E-state index contributed by atoms with van der Waals surface area (Å²) < 4.78 is 0. The maximum absolute atomic E-state index is 4.32. The van der Waals surface area contributed by atoms with Gasteiger partial charge in [-0.2, -0.15) is 0 Å². The molecule has 0 aromatic heterocycles. The van der Waals surface area contributed by atoms with Gasteiger partial charge >= 0.3 is 0 Å². The van der Waals surface area contributed by atoms with Crippen molar-refractivity contribution in [2.75, 3.05) is 13.1 Å². The number of hydrogen-bond acceptors (Lipinski definition) is 3. The highest BCUT2D eigenvalue weighted by Crippen LogP contribution is 2.13. The van der Waals surface area contributed by atoms with Crippen molar-refractivity contribution in [1.29, 1.82) is 0 Å². The smallest absolute Gasteiger partial charge is 0.191 e. The van der Waals surface area contributed by atoms with E-state index in [1.807, 2.05) is 0 Å². The minimum atomic E-state index is 0.300. The first-order valence-corrected chi connectivity index (χ1v) is 5.37. The van der Waals surface area contributed by atoms with E-state index in [-0.39, 0.29) is 0 Å². The van der Waals surface area contributed by atoms with Gasteiger partial charge in [0.15, 0.2) is 5.96 Å². The summed E-state index contributed by atoms with van der Waals surface area (Å²) in [6.45, 7) is 6.09. The second-order valence-corrected chi connectivity index (χ2v) is 3.94. The lowest BCUT2D eigenvalue weighted by atomic mass is 10.1. The Balaban J connectivity index is 2.04. The number of nitrogens with zero attached hydrogens (tertiary/aromatic N) is 1. The second kappa shape index (κ2) is 4.34. The van der Waals surface area contributed by atoms with E-state index >= 15 is 0 Å². The first-order chi connectivity index (χ1) is 7.25. The molecule has 2 N–H and O–H groups in total. The van der Waals surface area contributed by atoms with Crippen molar-refractivity contribution in [3.05, 3.63) is 35.4 Å². The molecule has 3 nitrogen and oxygen atoms in total. The molecule has 1 aliphatic heterocycles. The predicted octanol–water partition coefficient (Wildman–Crippen LogP) is 1.60. The Morgan fingerprint density at radius 1 is 1.47 bits per heavy atom. The summed E-state index contributed by atoms with van der Waals surface area (Å²) in [5, 5.41) is 6.57. The lowest BCUT2D eigenvalue weighted by molar-refractivity contribution is 0.701. The van der Waals surface area contributed by atoms with E-state index < -0.39 is 0 Å². The molecule has 0 saturated carbocycles. The maximum atomic E-state index is 4.32. The van der Waals surface area contributed by atoms with Crippen molar-refractivity contribution in [3.63, 3.8) is 0 Å². The standard InChI is InChI=1S/C12H17N3/c1-9-4-3-5-11(8-9)10(2)15-12-13-6-7-14-12/h3-5,8,10H,6-7H2,1-2H3,(H2,13,14,15)/t10-/m0/s1. The van der Waals surface area contributed by atoms with Gasteiger partial charge in [0, 0.05) is 6.54 Å². The molecule has 2 rings (SSSR count).